The first-order chi connectivity index (χ1) is 8.72. The average molecular weight is 248 g/mol. The summed E-state index contributed by atoms with van der Waals surface area (Å²) in [5.74, 6) is 2.01. The molecular weight excluding hydrogens is 228 g/mol. The molecule has 2 aliphatic rings. The molecule has 1 saturated carbocycles. The number of nitrogen functional groups attached to an aromatic ring is 2. The molecule has 2 fully saturated rings. The molecule has 4 N–H and O–H groups in total. The van der Waals surface area contributed by atoms with Crippen molar-refractivity contribution >= 4 is 11.9 Å². The molecule has 98 valence electrons. The van der Waals surface area contributed by atoms with Gasteiger partial charge in [-0.2, -0.15) is 15.0 Å². The van der Waals surface area contributed by atoms with Gasteiger partial charge >= 0.3 is 0 Å². The number of nitrogens with two attached hydrogens (primary N) is 2. The fourth-order valence-electron chi connectivity index (χ4n) is 3.46. The third kappa shape index (κ3) is 2.25. The van der Waals surface area contributed by atoms with Gasteiger partial charge in [0.2, 0.25) is 11.9 Å². The van der Waals surface area contributed by atoms with Crippen LogP contribution in [-0.4, -0.2) is 32.4 Å². The van der Waals surface area contributed by atoms with Gasteiger partial charge in [0.05, 0.1) is 6.54 Å². The number of piperidine rings is 1. The Bertz CT molecular complexity index is 414. The third-order valence-corrected chi connectivity index (χ3v) is 4.17. The maximum Gasteiger partial charge on any atom is 0.225 e. The largest absolute Gasteiger partial charge is 0.368 e. The molecule has 2 unspecified atom stereocenters. The highest BCUT2D eigenvalue weighted by Gasteiger charge is 2.35. The minimum Gasteiger partial charge on any atom is -0.368 e. The van der Waals surface area contributed by atoms with E-state index in [1.807, 2.05) is 0 Å². The minimum absolute atomic E-state index is 0.220. The van der Waals surface area contributed by atoms with Crippen LogP contribution in [0.1, 0.15) is 37.9 Å². The van der Waals surface area contributed by atoms with Crippen LogP contribution >= 0.6 is 0 Å². The van der Waals surface area contributed by atoms with Crippen molar-refractivity contribution in [3.63, 3.8) is 0 Å². The van der Waals surface area contributed by atoms with Gasteiger partial charge in [0.15, 0.2) is 0 Å². The quantitative estimate of drug-likeness (QED) is 0.804. The van der Waals surface area contributed by atoms with Crippen LogP contribution in [0.3, 0.4) is 0 Å². The van der Waals surface area contributed by atoms with E-state index in [1.165, 1.54) is 32.1 Å². The molecule has 6 heteroatoms. The monoisotopic (exact) mass is 248 g/mol. The molecule has 1 saturated heterocycles. The second-order valence-corrected chi connectivity index (χ2v) is 5.34. The van der Waals surface area contributed by atoms with Crippen molar-refractivity contribution in [2.24, 2.45) is 5.92 Å². The Morgan fingerprint density at radius 3 is 2.50 bits per heavy atom. The van der Waals surface area contributed by atoms with Crippen molar-refractivity contribution in [1.29, 1.82) is 0 Å². The predicted octanol–water partition coefficient (Wildman–Crippen LogP) is 0.800. The number of anilines is 2. The topological polar surface area (TPSA) is 93.9 Å². The second kappa shape index (κ2) is 4.68. The summed E-state index contributed by atoms with van der Waals surface area (Å²) in [6, 6.07) is 0.706. The highest BCUT2D eigenvalue weighted by molar-refractivity contribution is 5.25. The Kier molecular flexibility index (Phi) is 3.03. The predicted molar refractivity (Wildman–Crippen MR) is 69.4 cm³/mol. The zero-order valence-electron chi connectivity index (χ0n) is 10.5. The molecular formula is C12H20N6. The Labute approximate surface area is 107 Å². The van der Waals surface area contributed by atoms with E-state index < -0.39 is 0 Å². The zero-order chi connectivity index (χ0) is 12.5. The maximum atomic E-state index is 5.61. The van der Waals surface area contributed by atoms with Crippen LogP contribution in [0.4, 0.5) is 11.9 Å². The summed E-state index contributed by atoms with van der Waals surface area (Å²) >= 11 is 0. The molecule has 1 aromatic rings. The first kappa shape index (κ1) is 11.6. The molecule has 2 atom stereocenters. The fourth-order valence-corrected chi connectivity index (χ4v) is 3.46. The normalized spacial score (nSPS) is 28.2. The summed E-state index contributed by atoms with van der Waals surface area (Å²) in [6.07, 6.45) is 6.69. The van der Waals surface area contributed by atoms with Crippen molar-refractivity contribution in [1.82, 2.24) is 19.9 Å². The summed E-state index contributed by atoms with van der Waals surface area (Å²) in [5.41, 5.74) is 11.2. The highest BCUT2D eigenvalue weighted by atomic mass is 15.2. The molecule has 0 aromatic carbocycles. The summed E-state index contributed by atoms with van der Waals surface area (Å²) in [7, 11) is 0. The summed E-state index contributed by atoms with van der Waals surface area (Å²) in [6.45, 7) is 1.88. The van der Waals surface area contributed by atoms with Crippen molar-refractivity contribution in [2.75, 3.05) is 18.0 Å². The van der Waals surface area contributed by atoms with Gasteiger partial charge < -0.3 is 11.5 Å². The van der Waals surface area contributed by atoms with Crippen LogP contribution in [-0.2, 0) is 6.54 Å². The number of nitrogens with zero attached hydrogens (tertiary/aromatic N) is 4. The molecule has 0 bridgehead atoms. The van der Waals surface area contributed by atoms with E-state index in [0.717, 1.165) is 19.0 Å². The van der Waals surface area contributed by atoms with Gasteiger partial charge in [-0.15, -0.1) is 0 Å². The number of hydrogen-bond donors (Lipinski definition) is 2. The lowest BCUT2D eigenvalue weighted by Crippen LogP contribution is -2.42. The smallest absolute Gasteiger partial charge is 0.225 e. The average Bonchev–Trinajstić information content (AvgIpc) is 2.76. The SMILES string of the molecule is Nc1nc(N)nc(CN2CCCC3CCCC32)n1. The minimum atomic E-state index is 0.220. The van der Waals surface area contributed by atoms with Crippen molar-refractivity contribution in [3.05, 3.63) is 5.82 Å². The lowest BCUT2D eigenvalue weighted by Gasteiger charge is -2.37. The molecule has 0 spiro atoms. The summed E-state index contributed by atoms with van der Waals surface area (Å²) in [5, 5.41) is 0. The van der Waals surface area contributed by atoms with E-state index in [2.05, 4.69) is 19.9 Å². The Morgan fingerprint density at radius 2 is 1.72 bits per heavy atom. The number of aromatic nitrogens is 3. The van der Waals surface area contributed by atoms with Crippen LogP contribution < -0.4 is 11.5 Å². The Balaban J connectivity index is 1.74. The molecule has 18 heavy (non-hydrogen) atoms. The van der Waals surface area contributed by atoms with Gasteiger partial charge in [-0.3, -0.25) is 4.90 Å². The number of fused-ring (bicyclic) bond motifs is 1. The zero-order valence-corrected chi connectivity index (χ0v) is 10.5. The Hall–Kier alpha value is -1.43. The molecule has 6 nitrogen and oxygen atoms in total. The van der Waals surface area contributed by atoms with Crippen LogP contribution in [0.5, 0.6) is 0 Å². The van der Waals surface area contributed by atoms with Crippen LogP contribution in [0.2, 0.25) is 0 Å². The lowest BCUT2D eigenvalue weighted by atomic mass is 9.92. The lowest BCUT2D eigenvalue weighted by molar-refractivity contribution is 0.103. The van der Waals surface area contributed by atoms with E-state index in [-0.39, 0.29) is 11.9 Å². The van der Waals surface area contributed by atoms with Gasteiger partial charge in [-0.05, 0) is 38.1 Å². The third-order valence-electron chi connectivity index (χ3n) is 4.17. The van der Waals surface area contributed by atoms with Crippen LogP contribution in [0.15, 0.2) is 0 Å². The van der Waals surface area contributed by atoms with Gasteiger partial charge in [0, 0.05) is 6.04 Å². The van der Waals surface area contributed by atoms with Gasteiger partial charge in [-0.1, -0.05) is 6.42 Å². The van der Waals surface area contributed by atoms with Crippen LogP contribution in [0.25, 0.3) is 0 Å². The summed E-state index contributed by atoms with van der Waals surface area (Å²) in [4.78, 5) is 14.7. The molecule has 0 amide bonds. The molecule has 3 rings (SSSR count). The maximum absolute atomic E-state index is 5.61. The van der Waals surface area contributed by atoms with Gasteiger partial charge in [0.1, 0.15) is 5.82 Å². The van der Waals surface area contributed by atoms with Crippen LogP contribution in [0, 0.1) is 5.92 Å². The van der Waals surface area contributed by atoms with Crippen molar-refractivity contribution in [3.8, 4) is 0 Å². The first-order valence-corrected chi connectivity index (χ1v) is 6.72. The van der Waals surface area contributed by atoms with E-state index in [1.54, 1.807) is 0 Å². The number of rotatable bonds is 2. The van der Waals surface area contributed by atoms with E-state index in [0.29, 0.717) is 11.9 Å². The number of hydrogen-bond acceptors (Lipinski definition) is 6. The van der Waals surface area contributed by atoms with E-state index >= 15 is 0 Å². The van der Waals surface area contributed by atoms with Crippen molar-refractivity contribution < 1.29 is 0 Å². The molecule has 1 aliphatic carbocycles. The fraction of sp³-hybridized carbons (Fsp3) is 0.750. The standard InChI is InChI=1S/C12H20N6/c13-11-15-10(16-12(14)17-11)7-18-6-2-4-8-3-1-5-9(8)18/h8-9H,1-7H2,(H4,13,14,15,16,17). The van der Waals surface area contributed by atoms with Gasteiger partial charge in [0.25, 0.3) is 0 Å². The highest BCUT2D eigenvalue weighted by Crippen LogP contribution is 2.37. The molecule has 1 aliphatic heterocycles. The van der Waals surface area contributed by atoms with Gasteiger partial charge in [-0.25, -0.2) is 0 Å². The molecule has 0 radical (unpaired) electrons. The molecule has 1 aromatic heterocycles. The van der Waals surface area contributed by atoms with E-state index in [4.69, 9.17) is 11.5 Å². The Morgan fingerprint density at radius 1 is 1.00 bits per heavy atom. The van der Waals surface area contributed by atoms with Crippen molar-refractivity contribution in [2.45, 2.75) is 44.7 Å². The molecule has 2 heterocycles. The first-order valence-electron chi connectivity index (χ1n) is 6.72. The number of likely N-dealkylation sites (tertiary alicyclic amines) is 1. The second-order valence-electron chi connectivity index (χ2n) is 5.34. The van der Waals surface area contributed by atoms with E-state index in [9.17, 15) is 0 Å². The summed E-state index contributed by atoms with van der Waals surface area (Å²) < 4.78 is 0.